The van der Waals surface area contributed by atoms with Crippen LogP contribution in [0.15, 0.2) is 24.5 Å². The monoisotopic (exact) mass is 219 g/mol. The number of fused-ring (bicyclic) bond motifs is 1. The average Bonchev–Trinajstić information content (AvgIpc) is 2.73. The van der Waals surface area contributed by atoms with Crippen molar-refractivity contribution in [2.24, 2.45) is 0 Å². The van der Waals surface area contributed by atoms with Crippen molar-refractivity contribution in [3.63, 3.8) is 0 Å². The summed E-state index contributed by atoms with van der Waals surface area (Å²) in [4.78, 5) is 4.46. The Labute approximate surface area is 93.3 Å². The van der Waals surface area contributed by atoms with Gasteiger partial charge in [0, 0.05) is 18.5 Å². The van der Waals surface area contributed by atoms with E-state index in [2.05, 4.69) is 10.3 Å². The molecule has 3 heterocycles. The van der Waals surface area contributed by atoms with Gasteiger partial charge in [-0.15, -0.1) is 0 Å². The van der Waals surface area contributed by atoms with Crippen LogP contribution in [0.5, 0.6) is 0 Å². The second kappa shape index (κ2) is 3.87. The molecule has 0 radical (unpaired) electrons. The quantitative estimate of drug-likeness (QED) is 0.797. The van der Waals surface area contributed by atoms with Gasteiger partial charge in [0.05, 0.1) is 11.7 Å². The fourth-order valence-corrected chi connectivity index (χ4v) is 2.25. The standard InChI is InChI=1S/C12H14FN3/c13-9-4-6-16-8-11(15-12(16)7-9)10-3-1-2-5-14-10/h4,6-8,10,14H,1-3,5H2. The van der Waals surface area contributed by atoms with Crippen molar-refractivity contribution in [3.05, 3.63) is 36.0 Å². The Kier molecular flexibility index (Phi) is 2.36. The van der Waals surface area contributed by atoms with Gasteiger partial charge < -0.3 is 9.72 Å². The van der Waals surface area contributed by atoms with Gasteiger partial charge in [-0.1, -0.05) is 6.42 Å². The number of hydrogen-bond acceptors (Lipinski definition) is 2. The first kappa shape index (κ1) is 9.78. The lowest BCUT2D eigenvalue weighted by Gasteiger charge is -2.21. The molecule has 1 aliphatic heterocycles. The molecule has 2 aromatic heterocycles. The summed E-state index contributed by atoms with van der Waals surface area (Å²) in [6, 6.07) is 3.25. The van der Waals surface area contributed by atoms with E-state index in [1.54, 1.807) is 6.20 Å². The van der Waals surface area contributed by atoms with Gasteiger partial charge in [-0.05, 0) is 25.5 Å². The first-order chi connectivity index (χ1) is 7.83. The van der Waals surface area contributed by atoms with Crippen LogP contribution in [0.1, 0.15) is 31.0 Å². The van der Waals surface area contributed by atoms with Crippen LogP contribution in [0.3, 0.4) is 0 Å². The lowest BCUT2D eigenvalue weighted by atomic mass is 10.0. The number of imidazole rings is 1. The van der Waals surface area contributed by atoms with Crippen LogP contribution in [0.4, 0.5) is 4.39 Å². The van der Waals surface area contributed by atoms with Gasteiger partial charge in [-0.3, -0.25) is 0 Å². The van der Waals surface area contributed by atoms with Crippen molar-refractivity contribution in [2.75, 3.05) is 6.54 Å². The van der Waals surface area contributed by atoms with E-state index in [-0.39, 0.29) is 5.82 Å². The molecule has 0 amide bonds. The topological polar surface area (TPSA) is 29.3 Å². The summed E-state index contributed by atoms with van der Waals surface area (Å²) in [5, 5.41) is 3.44. The van der Waals surface area contributed by atoms with Crippen molar-refractivity contribution in [1.29, 1.82) is 0 Å². The zero-order chi connectivity index (χ0) is 11.0. The van der Waals surface area contributed by atoms with Crippen LogP contribution in [0.25, 0.3) is 5.65 Å². The van der Waals surface area contributed by atoms with Crippen molar-refractivity contribution >= 4 is 5.65 Å². The Morgan fingerprint density at radius 2 is 2.38 bits per heavy atom. The molecule has 0 aliphatic carbocycles. The molecule has 0 aromatic carbocycles. The molecule has 3 rings (SSSR count). The number of nitrogens with zero attached hydrogens (tertiary/aromatic N) is 2. The Bertz CT molecular complexity index is 500. The van der Waals surface area contributed by atoms with Crippen molar-refractivity contribution in [3.8, 4) is 0 Å². The van der Waals surface area contributed by atoms with E-state index in [0.29, 0.717) is 11.7 Å². The maximum atomic E-state index is 13.0. The third-order valence-electron chi connectivity index (χ3n) is 3.11. The van der Waals surface area contributed by atoms with E-state index in [1.165, 1.54) is 25.0 Å². The number of aromatic nitrogens is 2. The summed E-state index contributed by atoms with van der Waals surface area (Å²) < 4.78 is 14.9. The summed E-state index contributed by atoms with van der Waals surface area (Å²) >= 11 is 0. The van der Waals surface area contributed by atoms with Gasteiger partial charge in [0.15, 0.2) is 0 Å². The molecule has 4 heteroatoms. The van der Waals surface area contributed by atoms with Crippen LogP contribution < -0.4 is 5.32 Å². The number of piperidine rings is 1. The molecule has 0 bridgehead atoms. The maximum absolute atomic E-state index is 13.0. The second-order valence-electron chi connectivity index (χ2n) is 4.28. The maximum Gasteiger partial charge on any atom is 0.139 e. The highest BCUT2D eigenvalue weighted by atomic mass is 19.1. The van der Waals surface area contributed by atoms with Crippen molar-refractivity contribution in [2.45, 2.75) is 25.3 Å². The van der Waals surface area contributed by atoms with E-state index in [1.807, 2.05) is 10.6 Å². The van der Waals surface area contributed by atoms with E-state index in [9.17, 15) is 4.39 Å². The smallest absolute Gasteiger partial charge is 0.139 e. The van der Waals surface area contributed by atoms with Gasteiger partial charge in [-0.2, -0.15) is 0 Å². The van der Waals surface area contributed by atoms with E-state index in [0.717, 1.165) is 18.7 Å². The molecule has 1 atom stereocenters. The number of halogens is 1. The highest BCUT2D eigenvalue weighted by Crippen LogP contribution is 2.22. The van der Waals surface area contributed by atoms with E-state index in [4.69, 9.17) is 0 Å². The third kappa shape index (κ3) is 1.69. The Hall–Kier alpha value is -1.42. The fraction of sp³-hybridized carbons (Fsp3) is 0.417. The summed E-state index contributed by atoms with van der Waals surface area (Å²) in [6.07, 6.45) is 7.28. The van der Waals surface area contributed by atoms with Crippen molar-refractivity contribution < 1.29 is 4.39 Å². The summed E-state index contributed by atoms with van der Waals surface area (Å²) in [7, 11) is 0. The minimum Gasteiger partial charge on any atom is -0.309 e. The SMILES string of the molecule is Fc1ccn2cc(C3CCCCN3)nc2c1. The molecule has 2 aromatic rings. The molecular formula is C12H14FN3. The molecule has 0 saturated carbocycles. The lowest BCUT2D eigenvalue weighted by Crippen LogP contribution is -2.26. The zero-order valence-corrected chi connectivity index (χ0v) is 8.99. The predicted octanol–water partition coefficient (Wildman–Crippen LogP) is 2.29. The van der Waals surface area contributed by atoms with Crippen LogP contribution >= 0.6 is 0 Å². The van der Waals surface area contributed by atoms with Crippen molar-refractivity contribution in [1.82, 2.24) is 14.7 Å². The Morgan fingerprint density at radius 1 is 1.44 bits per heavy atom. The summed E-state index contributed by atoms with van der Waals surface area (Å²) in [5.41, 5.74) is 1.70. The molecule has 3 nitrogen and oxygen atoms in total. The largest absolute Gasteiger partial charge is 0.309 e. The molecule has 0 spiro atoms. The molecule has 1 fully saturated rings. The Morgan fingerprint density at radius 3 is 3.19 bits per heavy atom. The van der Waals surface area contributed by atoms with E-state index < -0.39 is 0 Å². The zero-order valence-electron chi connectivity index (χ0n) is 8.99. The fourth-order valence-electron chi connectivity index (χ4n) is 2.25. The molecule has 84 valence electrons. The average molecular weight is 219 g/mol. The lowest BCUT2D eigenvalue weighted by molar-refractivity contribution is 0.406. The molecule has 16 heavy (non-hydrogen) atoms. The third-order valence-corrected chi connectivity index (χ3v) is 3.11. The first-order valence-corrected chi connectivity index (χ1v) is 5.70. The highest BCUT2D eigenvalue weighted by Gasteiger charge is 2.17. The molecule has 1 saturated heterocycles. The second-order valence-corrected chi connectivity index (χ2v) is 4.28. The number of pyridine rings is 1. The van der Waals surface area contributed by atoms with Gasteiger partial charge in [0.2, 0.25) is 0 Å². The predicted molar refractivity (Wildman–Crippen MR) is 59.7 cm³/mol. The number of rotatable bonds is 1. The van der Waals surface area contributed by atoms with Crippen LogP contribution in [-0.4, -0.2) is 15.9 Å². The van der Waals surface area contributed by atoms with Gasteiger partial charge >= 0.3 is 0 Å². The molecular weight excluding hydrogens is 205 g/mol. The first-order valence-electron chi connectivity index (χ1n) is 5.70. The minimum absolute atomic E-state index is 0.235. The van der Waals surface area contributed by atoms with Gasteiger partial charge in [0.1, 0.15) is 11.5 Å². The van der Waals surface area contributed by atoms with Crippen LogP contribution in [-0.2, 0) is 0 Å². The summed E-state index contributed by atoms with van der Waals surface area (Å²) in [5.74, 6) is -0.235. The molecule has 1 aliphatic rings. The Balaban J connectivity index is 1.97. The number of nitrogens with one attached hydrogen (secondary N) is 1. The van der Waals surface area contributed by atoms with E-state index >= 15 is 0 Å². The molecule has 1 unspecified atom stereocenters. The van der Waals surface area contributed by atoms with Crippen LogP contribution in [0.2, 0.25) is 0 Å². The van der Waals surface area contributed by atoms with Gasteiger partial charge in [0.25, 0.3) is 0 Å². The molecule has 1 N–H and O–H groups in total. The summed E-state index contributed by atoms with van der Waals surface area (Å²) in [6.45, 7) is 1.05. The highest BCUT2D eigenvalue weighted by molar-refractivity contribution is 5.40. The minimum atomic E-state index is -0.235. The van der Waals surface area contributed by atoms with Crippen LogP contribution in [0, 0.1) is 5.82 Å². The number of hydrogen-bond donors (Lipinski definition) is 1. The normalized spacial score (nSPS) is 21.4. The van der Waals surface area contributed by atoms with Gasteiger partial charge in [-0.25, -0.2) is 9.37 Å².